The molecule has 0 bridgehead atoms. The summed E-state index contributed by atoms with van der Waals surface area (Å²) in [5.74, 6) is -3.14. The van der Waals surface area contributed by atoms with Gasteiger partial charge in [0.1, 0.15) is 0 Å². The van der Waals surface area contributed by atoms with Crippen molar-refractivity contribution in [1.82, 2.24) is 20.1 Å². The first-order chi connectivity index (χ1) is 13.7. The van der Waals surface area contributed by atoms with Crippen molar-refractivity contribution in [1.29, 1.82) is 0 Å². The van der Waals surface area contributed by atoms with Gasteiger partial charge < -0.3 is 10.1 Å². The predicted octanol–water partition coefficient (Wildman–Crippen LogP) is 4.01. The molecule has 1 unspecified atom stereocenters. The van der Waals surface area contributed by atoms with E-state index in [4.69, 9.17) is 4.74 Å². The molecule has 2 heterocycles. The van der Waals surface area contributed by atoms with Gasteiger partial charge in [-0.15, -0.1) is 0 Å². The molecular formula is C21H22F2N4O2. The molecule has 29 heavy (non-hydrogen) atoms. The van der Waals surface area contributed by atoms with Crippen molar-refractivity contribution in [3.8, 4) is 17.1 Å². The topological polar surface area (TPSA) is 69.0 Å². The van der Waals surface area contributed by atoms with Crippen LogP contribution in [0.5, 0.6) is 5.88 Å². The Kier molecular flexibility index (Phi) is 5.91. The van der Waals surface area contributed by atoms with E-state index in [0.29, 0.717) is 11.3 Å². The van der Waals surface area contributed by atoms with Gasteiger partial charge in [-0.1, -0.05) is 36.4 Å². The molecule has 3 rings (SSSR count). The molecule has 3 aromatic rings. The number of nitrogens with zero attached hydrogens (tertiary/aromatic N) is 3. The molecule has 0 aliphatic heterocycles. The average molecular weight is 400 g/mol. The molecule has 1 aromatic carbocycles. The minimum absolute atomic E-state index is 0.103. The van der Waals surface area contributed by atoms with Gasteiger partial charge in [-0.25, -0.2) is 13.8 Å². The number of pyridine rings is 1. The van der Waals surface area contributed by atoms with Gasteiger partial charge in [0.15, 0.2) is 12.3 Å². The summed E-state index contributed by atoms with van der Waals surface area (Å²) in [7, 11) is 1.78. The molecule has 0 fully saturated rings. The summed E-state index contributed by atoms with van der Waals surface area (Å²) < 4.78 is 32.3. The standard InChI is InChI=1S/C21H22F2N4O2/c1-14(16-9-10-19(24-12-16)29-13-21(2,22)23)25-20(28)17-11-18(27(3)26-17)15-7-5-4-6-8-15/h4-12,14H,13H2,1-3H3,(H,25,28). The summed E-state index contributed by atoms with van der Waals surface area (Å²) in [5, 5.41) is 7.16. The first-order valence-corrected chi connectivity index (χ1v) is 9.10. The third-order valence-electron chi connectivity index (χ3n) is 4.26. The Morgan fingerprint density at radius 1 is 1.24 bits per heavy atom. The lowest BCUT2D eigenvalue weighted by atomic mass is 10.1. The first kappa shape index (κ1) is 20.4. The summed E-state index contributed by atoms with van der Waals surface area (Å²) in [4.78, 5) is 16.6. The highest BCUT2D eigenvalue weighted by Crippen LogP contribution is 2.21. The highest BCUT2D eigenvalue weighted by molar-refractivity contribution is 5.93. The van der Waals surface area contributed by atoms with Crippen LogP contribution >= 0.6 is 0 Å². The lowest BCUT2D eigenvalue weighted by Gasteiger charge is -2.14. The highest BCUT2D eigenvalue weighted by atomic mass is 19.3. The van der Waals surface area contributed by atoms with E-state index in [1.807, 2.05) is 30.3 Å². The molecule has 1 amide bonds. The third kappa shape index (κ3) is 5.37. The number of amides is 1. The first-order valence-electron chi connectivity index (χ1n) is 9.10. The molecule has 0 spiro atoms. The maximum absolute atomic E-state index is 12.9. The second-order valence-electron chi connectivity index (χ2n) is 6.89. The summed E-state index contributed by atoms with van der Waals surface area (Å²) in [6.07, 6.45) is 1.49. The Morgan fingerprint density at radius 2 is 1.97 bits per heavy atom. The lowest BCUT2D eigenvalue weighted by molar-refractivity contribution is -0.0242. The number of aryl methyl sites for hydroxylation is 1. The lowest BCUT2D eigenvalue weighted by Crippen LogP contribution is -2.27. The summed E-state index contributed by atoms with van der Waals surface area (Å²) in [6.45, 7) is 1.84. The van der Waals surface area contributed by atoms with Gasteiger partial charge in [0.2, 0.25) is 5.88 Å². The van der Waals surface area contributed by atoms with Crippen LogP contribution < -0.4 is 10.1 Å². The van der Waals surface area contributed by atoms with E-state index >= 15 is 0 Å². The van der Waals surface area contributed by atoms with Gasteiger partial charge in [0.25, 0.3) is 11.8 Å². The van der Waals surface area contributed by atoms with Crippen LogP contribution in [0.3, 0.4) is 0 Å². The zero-order valence-corrected chi connectivity index (χ0v) is 16.4. The zero-order chi connectivity index (χ0) is 21.0. The summed E-state index contributed by atoms with van der Waals surface area (Å²) >= 11 is 0. The van der Waals surface area contributed by atoms with E-state index in [9.17, 15) is 13.6 Å². The fourth-order valence-corrected chi connectivity index (χ4v) is 2.75. The second-order valence-corrected chi connectivity index (χ2v) is 6.89. The molecule has 0 saturated carbocycles. The van der Waals surface area contributed by atoms with Gasteiger partial charge in [-0.2, -0.15) is 5.10 Å². The van der Waals surface area contributed by atoms with Crippen LogP contribution in [0.25, 0.3) is 11.3 Å². The van der Waals surface area contributed by atoms with E-state index in [0.717, 1.165) is 18.2 Å². The van der Waals surface area contributed by atoms with Gasteiger partial charge in [-0.05, 0) is 24.1 Å². The number of rotatable bonds is 7. The Labute approximate surface area is 167 Å². The summed E-state index contributed by atoms with van der Waals surface area (Å²) in [6, 6.07) is 14.2. The third-order valence-corrected chi connectivity index (χ3v) is 4.26. The molecular weight excluding hydrogens is 378 g/mol. The molecule has 0 aliphatic rings. The predicted molar refractivity (Wildman–Crippen MR) is 105 cm³/mol. The largest absolute Gasteiger partial charge is 0.471 e. The molecule has 8 heteroatoms. The molecule has 1 atom stereocenters. The van der Waals surface area contributed by atoms with E-state index in [2.05, 4.69) is 15.4 Å². The zero-order valence-electron chi connectivity index (χ0n) is 16.4. The number of benzene rings is 1. The normalized spacial score (nSPS) is 12.4. The number of carbonyl (C=O) groups is 1. The van der Waals surface area contributed by atoms with E-state index in [1.165, 1.54) is 12.3 Å². The fourth-order valence-electron chi connectivity index (χ4n) is 2.75. The van der Waals surface area contributed by atoms with Crippen molar-refractivity contribution < 1.29 is 18.3 Å². The SMILES string of the molecule is CC(NC(=O)c1cc(-c2ccccc2)n(C)n1)c1ccc(OCC(C)(F)F)nc1. The van der Waals surface area contributed by atoms with Crippen molar-refractivity contribution in [2.24, 2.45) is 7.05 Å². The number of hydrogen-bond donors (Lipinski definition) is 1. The molecule has 6 nitrogen and oxygen atoms in total. The second kappa shape index (κ2) is 8.38. The van der Waals surface area contributed by atoms with Gasteiger partial charge in [-0.3, -0.25) is 9.48 Å². The van der Waals surface area contributed by atoms with Crippen LogP contribution in [0.1, 0.15) is 35.9 Å². The van der Waals surface area contributed by atoms with E-state index < -0.39 is 12.5 Å². The Hall–Kier alpha value is -3.29. The Balaban J connectivity index is 1.65. The number of carbonyl (C=O) groups excluding carboxylic acids is 1. The van der Waals surface area contributed by atoms with Crippen molar-refractivity contribution in [3.63, 3.8) is 0 Å². The molecule has 2 aromatic heterocycles. The van der Waals surface area contributed by atoms with Crippen molar-refractivity contribution >= 4 is 5.91 Å². The molecule has 0 radical (unpaired) electrons. The van der Waals surface area contributed by atoms with Crippen molar-refractivity contribution in [2.75, 3.05) is 6.61 Å². The van der Waals surface area contributed by atoms with Gasteiger partial charge >= 0.3 is 0 Å². The van der Waals surface area contributed by atoms with Gasteiger partial charge in [0.05, 0.1) is 11.7 Å². The average Bonchev–Trinajstić information content (AvgIpc) is 3.09. The van der Waals surface area contributed by atoms with Crippen molar-refractivity contribution in [3.05, 3.63) is 66.0 Å². The number of nitrogens with one attached hydrogen (secondary N) is 1. The number of ether oxygens (including phenoxy) is 1. The van der Waals surface area contributed by atoms with Crippen LogP contribution in [0.15, 0.2) is 54.7 Å². The minimum atomic E-state index is -2.93. The van der Waals surface area contributed by atoms with Crippen LogP contribution in [0.2, 0.25) is 0 Å². The monoisotopic (exact) mass is 400 g/mol. The van der Waals surface area contributed by atoms with Gasteiger partial charge in [0, 0.05) is 26.2 Å². The van der Waals surface area contributed by atoms with E-state index in [-0.39, 0.29) is 17.8 Å². The molecule has 1 N–H and O–H groups in total. The highest BCUT2D eigenvalue weighted by Gasteiger charge is 2.22. The maximum atomic E-state index is 12.9. The Bertz CT molecular complexity index is 967. The maximum Gasteiger partial charge on any atom is 0.278 e. The van der Waals surface area contributed by atoms with Crippen LogP contribution in [0.4, 0.5) is 8.78 Å². The number of aromatic nitrogens is 3. The molecule has 152 valence electrons. The minimum Gasteiger partial charge on any atom is -0.471 e. The smallest absolute Gasteiger partial charge is 0.278 e. The number of halogens is 2. The van der Waals surface area contributed by atoms with Crippen LogP contribution in [0, 0.1) is 0 Å². The van der Waals surface area contributed by atoms with Crippen LogP contribution in [-0.2, 0) is 7.05 Å². The van der Waals surface area contributed by atoms with E-state index in [1.54, 1.807) is 30.8 Å². The number of alkyl halides is 2. The quantitative estimate of drug-likeness (QED) is 0.651. The Morgan fingerprint density at radius 3 is 2.59 bits per heavy atom. The summed E-state index contributed by atoms with van der Waals surface area (Å²) in [5.41, 5.74) is 2.82. The van der Waals surface area contributed by atoms with Crippen molar-refractivity contribution in [2.45, 2.75) is 25.8 Å². The fraction of sp³-hybridized carbons (Fsp3) is 0.286. The molecule has 0 aliphatic carbocycles. The molecule has 0 saturated heterocycles. The number of hydrogen-bond acceptors (Lipinski definition) is 4. The van der Waals surface area contributed by atoms with Crippen LogP contribution in [-0.4, -0.2) is 33.2 Å².